The van der Waals surface area contributed by atoms with E-state index in [1.165, 1.54) is 0 Å². The van der Waals surface area contributed by atoms with Gasteiger partial charge in [-0.2, -0.15) is 0 Å². The van der Waals surface area contributed by atoms with Crippen LogP contribution in [0.3, 0.4) is 0 Å². The lowest BCUT2D eigenvalue weighted by molar-refractivity contribution is -0.0432. The van der Waals surface area contributed by atoms with E-state index in [1.54, 1.807) is 18.2 Å². The second-order valence-corrected chi connectivity index (χ2v) is 6.47. The van der Waals surface area contributed by atoms with Crippen molar-refractivity contribution in [3.63, 3.8) is 0 Å². The lowest BCUT2D eigenvalue weighted by Crippen LogP contribution is -2.32. The third-order valence-corrected chi connectivity index (χ3v) is 3.14. The van der Waals surface area contributed by atoms with Crippen molar-refractivity contribution in [2.24, 2.45) is 0 Å². The quantitative estimate of drug-likeness (QED) is 0.818. The maximum Gasteiger partial charge on any atom is 0.138 e. The number of halogens is 2. The number of nitrogens with one attached hydrogen (secondary N) is 1. The van der Waals surface area contributed by atoms with Gasteiger partial charge in [-0.05, 0) is 59.0 Å². The third-order valence-electron chi connectivity index (χ3n) is 2.61. The molecule has 0 radical (unpaired) electrons. The van der Waals surface area contributed by atoms with Crippen LogP contribution in [0.25, 0.3) is 0 Å². The Balaban J connectivity index is 2.67. The summed E-state index contributed by atoms with van der Waals surface area (Å²) in [4.78, 5) is 0. The minimum absolute atomic E-state index is 0.0552. The van der Waals surface area contributed by atoms with Crippen LogP contribution in [0.2, 0.25) is 10.0 Å². The van der Waals surface area contributed by atoms with Gasteiger partial charge in [-0.15, -0.1) is 0 Å². The van der Waals surface area contributed by atoms with Gasteiger partial charge in [0.2, 0.25) is 0 Å². The van der Waals surface area contributed by atoms with Crippen molar-refractivity contribution in [1.29, 1.82) is 0 Å². The fourth-order valence-electron chi connectivity index (χ4n) is 1.57. The molecule has 0 saturated carbocycles. The molecular formula is C15H23Cl2NO2. The van der Waals surface area contributed by atoms with Crippen LogP contribution in [0.15, 0.2) is 18.2 Å². The molecule has 114 valence electrons. The first-order chi connectivity index (χ1) is 9.31. The normalized spacial score (nSPS) is 13.3. The monoisotopic (exact) mass is 319 g/mol. The summed E-state index contributed by atoms with van der Waals surface area (Å²) in [7, 11) is 1.91. The predicted molar refractivity (Wildman–Crippen MR) is 85.1 cm³/mol. The molecule has 20 heavy (non-hydrogen) atoms. The summed E-state index contributed by atoms with van der Waals surface area (Å²) in [5, 5.41) is 4.23. The Morgan fingerprint density at radius 1 is 1.25 bits per heavy atom. The summed E-state index contributed by atoms with van der Waals surface area (Å²) >= 11 is 12.0. The molecule has 0 aliphatic carbocycles. The topological polar surface area (TPSA) is 30.5 Å². The van der Waals surface area contributed by atoms with Gasteiger partial charge in [0.15, 0.2) is 0 Å². The van der Waals surface area contributed by atoms with E-state index in [0.717, 1.165) is 13.0 Å². The molecule has 0 aliphatic rings. The zero-order valence-corrected chi connectivity index (χ0v) is 14.0. The first-order valence-electron chi connectivity index (χ1n) is 6.72. The van der Waals surface area contributed by atoms with Gasteiger partial charge in [-0.3, -0.25) is 0 Å². The molecule has 0 fully saturated rings. The smallest absolute Gasteiger partial charge is 0.138 e. The molecule has 0 spiro atoms. The van der Waals surface area contributed by atoms with E-state index >= 15 is 0 Å². The lowest BCUT2D eigenvalue weighted by atomic mass is 10.2. The van der Waals surface area contributed by atoms with E-state index in [4.69, 9.17) is 32.7 Å². The standard InChI is InChI=1S/C15H23Cl2NO2/c1-15(2,3)19-10-12(7-8-18-4)20-14-6-5-11(16)9-13(14)17/h5-6,9,12,18H,7-8,10H2,1-4H3/t12-/m1/s1. The summed E-state index contributed by atoms with van der Waals surface area (Å²) in [5.74, 6) is 0.634. The van der Waals surface area contributed by atoms with Gasteiger partial charge in [-0.1, -0.05) is 23.2 Å². The van der Waals surface area contributed by atoms with Gasteiger partial charge >= 0.3 is 0 Å². The summed E-state index contributed by atoms with van der Waals surface area (Å²) in [6, 6.07) is 5.23. The Morgan fingerprint density at radius 3 is 2.50 bits per heavy atom. The largest absolute Gasteiger partial charge is 0.486 e. The van der Waals surface area contributed by atoms with Crippen LogP contribution in [0.1, 0.15) is 27.2 Å². The average Bonchev–Trinajstić information content (AvgIpc) is 2.34. The molecule has 5 heteroatoms. The maximum atomic E-state index is 6.13. The van der Waals surface area contributed by atoms with Crippen molar-refractivity contribution in [2.75, 3.05) is 20.2 Å². The van der Waals surface area contributed by atoms with Gasteiger partial charge in [0.25, 0.3) is 0 Å². The van der Waals surface area contributed by atoms with E-state index in [2.05, 4.69) is 5.32 Å². The minimum Gasteiger partial charge on any atom is -0.486 e. The van der Waals surface area contributed by atoms with Crippen LogP contribution in [-0.2, 0) is 4.74 Å². The Kier molecular flexibility index (Phi) is 7.10. The van der Waals surface area contributed by atoms with E-state index in [0.29, 0.717) is 22.4 Å². The molecule has 1 rings (SSSR count). The Labute approximate surface area is 131 Å². The molecule has 0 aliphatic heterocycles. The van der Waals surface area contributed by atoms with Crippen molar-refractivity contribution < 1.29 is 9.47 Å². The molecule has 1 N–H and O–H groups in total. The zero-order valence-electron chi connectivity index (χ0n) is 12.5. The van der Waals surface area contributed by atoms with Gasteiger partial charge in [-0.25, -0.2) is 0 Å². The van der Waals surface area contributed by atoms with Crippen LogP contribution in [0.4, 0.5) is 0 Å². The molecular weight excluding hydrogens is 297 g/mol. The van der Waals surface area contributed by atoms with Crippen LogP contribution < -0.4 is 10.1 Å². The lowest BCUT2D eigenvalue weighted by Gasteiger charge is -2.25. The molecule has 0 heterocycles. The first kappa shape index (κ1) is 17.6. The third kappa shape index (κ3) is 6.80. The van der Waals surface area contributed by atoms with Crippen LogP contribution in [-0.4, -0.2) is 31.9 Å². The number of hydrogen-bond donors (Lipinski definition) is 1. The molecule has 1 atom stereocenters. The van der Waals surface area contributed by atoms with Gasteiger partial charge < -0.3 is 14.8 Å². The second kappa shape index (κ2) is 8.08. The molecule has 3 nitrogen and oxygen atoms in total. The van der Waals surface area contributed by atoms with Crippen molar-refractivity contribution in [3.8, 4) is 5.75 Å². The average molecular weight is 320 g/mol. The van der Waals surface area contributed by atoms with Crippen molar-refractivity contribution >= 4 is 23.2 Å². The van der Waals surface area contributed by atoms with Gasteiger partial charge in [0, 0.05) is 5.02 Å². The van der Waals surface area contributed by atoms with Crippen molar-refractivity contribution in [3.05, 3.63) is 28.2 Å². The minimum atomic E-state index is -0.189. The Bertz CT molecular complexity index is 419. The molecule has 0 unspecified atom stereocenters. The second-order valence-electron chi connectivity index (χ2n) is 5.63. The molecule has 1 aromatic carbocycles. The maximum absolute atomic E-state index is 6.13. The Morgan fingerprint density at radius 2 is 1.95 bits per heavy atom. The first-order valence-corrected chi connectivity index (χ1v) is 7.47. The number of ether oxygens (including phenoxy) is 2. The predicted octanol–water partition coefficient (Wildman–Crippen LogP) is 4.17. The highest BCUT2D eigenvalue weighted by molar-refractivity contribution is 6.35. The van der Waals surface area contributed by atoms with Crippen LogP contribution in [0.5, 0.6) is 5.75 Å². The summed E-state index contributed by atoms with van der Waals surface area (Å²) < 4.78 is 11.7. The van der Waals surface area contributed by atoms with Crippen LogP contribution in [0, 0.1) is 0 Å². The molecule has 0 amide bonds. The Hall–Kier alpha value is -0.480. The summed E-state index contributed by atoms with van der Waals surface area (Å²) in [6.07, 6.45) is 0.784. The van der Waals surface area contributed by atoms with E-state index < -0.39 is 0 Å². The van der Waals surface area contributed by atoms with E-state index in [1.807, 2.05) is 27.8 Å². The van der Waals surface area contributed by atoms with Gasteiger partial charge in [0.1, 0.15) is 11.9 Å². The molecule has 0 bridgehead atoms. The van der Waals surface area contributed by atoms with E-state index in [-0.39, 0.29) is 11.7 Å². The van der Waals surface area contributed by atoms with Crippen molar-refractivity contribution in [1.82, 2.24) is 5.32 Å². The van der Waals surface area contributed by atoms with Gasteiger partial charge in [0.05, 0.1) is 17.2 Å². The molecule has 1 aromatic rings. The molecule has 0 saturated heterocycles. The molecule has 0 aromatic heterocycles. The van der Waals surface area contributed by atoms with E-state index in [9.17, 15) is 0 Å². The highest BCUT2D eigenvalue weighted by Crippen LogP contribution is 2.28. The fraction of sp³-hybridized carbons (Fsp3) is 0.600. The number of hydrogen-bond acceptors (Lipinski definition) is 3. The zero-order chi connectivity index (χ0) is 15.2. The highest BCUT2D eigenvalue weighted by Gasteiger charge is 2.17. The number of rotatable bonds is 7. The summed E-state index contributed by atoms with van der Waals surface area (Å²) in [5.41, 5.74) is -0.189. The number of benzene rings is 1. The van der Waals surface area contributed by atoms with Crippen LogP contribution >= 0.6 is 23.2 Å². The summed E-state index contributed by atoms with van der Waals surface area (Å²) in [6.45, 7) is 7.44. The highest BCUT2D eigenvalue weighted by atomic mass is 35.5. The fourth-order valence-corrected chi connectivity index (χ4v) is 2.03. The SMILES string of the molecule is CNCC[C@H](COC(C)(C)C)Oc1ccc(Cl)cc1Cl. The van der Waals surface area contributed by atoms with Crippen molar-refractivity contribution in [2.45, 2.75) is 38.9 Å².